The minimum Gasteiger partial charge on any atom is -0.453 e. The molecule has 0 aliphatic rings. The van der Waals surface area contributed by atoms with E-state index in [1.807, 2.05) is 0 Å². The number of hydrogen-bond donors (Lipinski definition) is 0. The van der Waals surface area contributed by atoms with Gasteiger partial charge in [0.25, 0.3) is 0 Å². The van der Waals surface area contributed by atoms with Crippen molar-refractivity contribution in [2.45, 2.75) is 26.1 Å². The van der Waals surface area contributed by atoms with Gasteiger partial charge in [0.1, 0.15) is 0 Å². The number of esters is 1. The van der Waals surface area contributed by atoms with Crippen molar-refractivity contribution in [1.82, 2.24) is 0 Å². The van der Waals surface area contributed by atoms with Gasteiger partial charge in [-0.05, 0) is 6.92 Å². The van der Waals surface area contributed by atoms with Crippen LogP contribution < -0.4 is 0 Å². The topological polar surface area (TPSA) is 26.3 Å². The zero-order valence-electron chi connectivity index (χ0n) is 5.53. The largest absolute Gasteiger partial charge is 0.453 e. The molecule has 10 heavy (non-hydrogen) atoms. The molecule has 0 spiro atoms. The van der Waals surface area contributed by atoms with Gasteiger partial charge in [-0.3, -0.25) is 4.79 Å². The molecule has 0 aliphatic heterocycles. The summed E-state index contributed by atoms with van der Waals surface area (Å²) in [4.78, 5) is 9.98. The van der Waals surface area contributed by atoms with Gasteiger partial charge < -0.3 is 4.74 Å². The van der Waals surface area contributed by atoms with Crippen molar-refractivity contribution in [3.8, 4) is 0 Å². The number of ether oxygens (including phenoxy) is 1. The van der Waals surface area contributed by atoms with Crippen LogP contribution in [0.15, 0.2) is 0 Å². The predicted octanol–water partition coefficient (Wildman–Crippen LogP) is 1.50. The molecule has 0 aromatic carbocycles. The Bertz CT molecular complexity index is 129. The molecule has 0 bridgehead atoms. The second-order valence-corrected chi connectivity index (χ2v) is 1.79. The molecule has 0 aliphatic carbocycles. The van der Waals surface area contributed by atoms with Gasteiger partial charge in [-0.1, -0.05) is 0 Å². The predicted molar refractivity (Wildman–Crippen MR) is 27.3 cm³/mol. The van der Waals surface area contributed by atoms with E-state index in [-0.39, 0.29) is 0 Å². The lowest BCUT2D eigenvalue weighted by molar-refractivity contribution is -0.214. The first-order chi connectivity index (χ1) is 4.34. The first kappa shape index (κ1) is 9.26. The molecular formula is C5H7F3O2. The molecule has 0 fully saturated rings. The van der Waals surface area contributed by atoms with Crippen molar-refractivity contribution in [2.75, 3.05) is 0 Å². The molecule has 0 saturated heterocycles. The van der Waals surface area contributed by atoms with Gasteiger partial charge in [0, 0.05) is 6.92 Å². The van der Waals surface area contributed by atoms with Gasteiger partial charge in [0.2, 0.25) is 0 Å². The summed E-state index contributed by atoms with van der Waals surface area (Å²) in [6.07, 6.45) is -6.46. The molecule has 1 unspecified atom stereocenters. The van der Waals surface area contributed by atoms with Crippen molar-refractivity contribution in [1.29, 1.82) is 0 Å². The average molecular weight is 156 g/mol. The fourth-order valence-corrected chi connectivity index (χ4v) is 0.316. The molecule has 1 atom stereocenters. The minimum atomic E-state index is -4.45. The Labute approximate surface area is 56.0 Å². The third-order valence-corrected chi connectivity index (χ3v) is 0.804. The molecule has 0 aromatic rings. The Morgan fingerprint density at radius 3 is 2.00 bits per heavy atom. The van der Waals surface area contributed by atoms with E-state index in [9.17, 15) is 18.0 Å². The summed E-state index contributed by atoms with van der Waals surface area (Å²) in [6, 6.07) is 0. The quantitative estimate of drug-likeness (QED) is 0.538. The number of hydrogen-bond acceptors (Lipinski definition) is 2. The number of halogens is 3. The fourth-order valence-electron chi connectivity index (χ4n) is 0.316. The summed E-state index contributed by atoms with van der Waals surface area (Å²) in [5, 5.41) is 0. The van der Waals surface area contributed by atoms with Gasteiger partial charge in [-0.2, -0.15) is 13.2 Å². The van der Waals surface area contributed by atoms with Crippen molar-refractivity contribution in [3.63, 3.8) is 0 Å². The van der Waals surface area contributed by atoms with Crippen LogP contribution in [0.2, 0.25) is 0 Å². The Kier molecular flexibility index (Phi) is 2.68. The third kappa shape index (κ3) is 3.32. The zero-order chi connectivity index (χ0) is 8.36. The lowest BCUT2D eigenvalue weighted by atomic mass is 10.4. The first-order valence-corrected chi connectivity index (χ1v) is 2.58. The number of alkyl halides is 3. The molecule has 5 heteroatoms. The fraction of sp³-hybridized carbons (Fsp3) is 0.800. The zero-order valence-corrected chi connectivity index (χ0v) is 5.53. The van der Waals surface area contributed by atoms with Crippen LogP contribution in [0.3, 0.4) is 0 Å². The SMILES string of the molecule is CC(=O)OC(C)C(F)(F)F. The minimum absolute atomic E-state index is 0.779. The summed E-state index contributed by atoms with van der Waals surface area (Å²) in [6.45, 7) is 1.71. The highest BCUT2D eigenvalue weighted by molar-refractivity contribution is 5.66. The smallest absolute Gasteiger partial charge is 0.425 e. The molecule has 0 saturated carbocycles. The van der Waals surface area contributed by atoms with Gasteiger partial charge in [-0.15, -0.1) is 0 Å². The Morgan fingerprint density at radius 1 is 1.50 bits per heavy atom. The van der Waals surface area contributed by atoms with Crippen LogP contribution in [0.1, 0.15) is 13.8 Å². The maximum absolute atomic E-state index is 11.5. The van der Waals surface area contributed by atoms with E-state index >= 15 is 0 Å². The van der Waals surface area contributed by atoms with Crippen LogP contribution in [-0.2, 0) is 9.53 Å². The lowest BCUT2D eigenvalue weighted by Crippen LogP contribution is -2.29. The van der Waals surface area contributed by atoms with Crippen LogP contribution in [0, 0.1) is 0 Å². The molecule has 0 rings (SSSR count). The van der Waals surface area contributed by atoms with E-state index in [2.05, 4.69) is 4.74 Å². The van der Waals surface area contributed by atoms with Gasteiger partial charge >= 0.3 is 12.1 Å². The van der Waals surface area contributed by atoms with Crippen molar-refractivity contribution in [2.24, 2.45) is 0 Å². The van der Waals surface area contributed by atoms with E-state index < -0.39 is 18.2 Å². The summed E-state index contributed by atoms with van der Waals surface area (Å²) in [7, 11) is 0. The number of carbonyl (C=O) groups excluding carboxylic acids is 1. The lowest BCUT2D eigenvalue weighted by Gasteiger charge is -2.14. The highest BCUT2D eigenvalue weighted by atomic mass is 19.4. The van der Waals surface area contributed by atoms with E-state index in [1.54, 1.807) is 0 Å². The first-order valence-electron chi connectivity index (χ1n) is 2.58. The normalized spacial score (nSPS) is 14.5. The third-order valence-electron chi connectivity index (χ3n) is 0.804. The molecular weight excluding hydrogens is 149 g/mol. The van der Waals surface area contributed by atoms with Crippen LogP contribution in [0.25, 0.3) is 0 Å². The monoisotopic (exact) mass is 156 g/mol. The van der Waals surface area contributed by atoms with Crippen molar-refractivity contribution >= 4 is 5.97 Å². The maximum Gasteiger partial charge on any atom is 0.425 e. The molecule has 2 nitrogen and oxygen atoms in total. The van der Waals surface area contributed by atoms with Gasteiger partial charge in [-0.25, -0.2) is 0 Å². The standard InChI is InChI=1S/C5H7F3O2/c1-3(5(6,7)8)10-4(2)9/h3H,1-2H3. The van der Waals surface area contributed by atoms with E-state index in [4.69, 9.17) is 0 Å². The molecule has 0 amide bonds. The number of rotatable bonds is 1. The molecule has 0 heterocycles. The van der Waals surface area contributed by atoms with E-state index in [1.165, 1.54) is 0 Å². The summed E-state index contributed by atoms with van der Waals surface area (Å²) >= 11 is 0. The van der Waals surface area contributed by atoms with Crippen LogP contribution >= 0.6 is 0 Å². The second kappa shape index (κ2) is 2.90. The van der Waals surface area contributed by atoms with E-state index in [0.29, 0.717) is 0 Å². The van der Waals surface area contributed by atoms with Gasteiger partial charge in [0.15, 0.2) is 6.10 Å². The molecule has 0 aromatic heterocycles. The maximum atomic E-state index is 11.5. The van der Waals surface area contributed by atoms with Crippen molar-refractivity contribution < 1.29 is 22.7 Å². The Hall–Kier alpha value is -0.740. The second-order valence-electron chi connectivity index (χ2n) is 1.79. The van der Waals surface area contributed by atoms with Crippen molar-refractivity contribution in [3.05, 3.63) is 0 Å². The van der Waals surface area contributed by atoms with Crippen LogP contribution in [0.5, 0.6) is 0 Å². The summed E-state index contributed by atoms with van der Waals surface area (Å²) < 4.78 is 38.4. The average Bonchev–Trinajstić information content (AvgIpc) is 1.60. The molecule has 0 N–H and O–H groups in total. The summed E-state index contributed by atoms with van der Waals surface area (Å²) in [5.41, 5.74) is 0. The molecule has 0 radical (unpaired) electrons. The Balaban J connectivity index is 3.85. The van der Waals surface area contributed by atoms with Crippen LogP contribution in [0.4, 0.5) is 13.2 Å². The number of carbonyl (C=O) groups is 1. The molecule has 60 valence electrons. The van der Waals surface area contributed by atoms with Gasteiger partial charge in [0.05, 0.1) is 0 Å². The van der Waals surface area contributed by atoms with E-state index in [0.717, 1.165) is 13.8 Å². The van der Waals surface area contributed by atoms with Crippen LogP contribution in [-0.4, -0.2) is 18.2 Å². The highest BCUT2D eigenvalue weighted by Crippen LogP contribution is 2.21. The highest BCUT2D eigenvalue weighted by Gasteiger charge is 2.38. The summed E-state index contributed by atoms with van der Waals surface area (Å²) in [5.74, 6) is -0.926. The Morgan fingerprint density at radius 2 is 1.90 bits per heavy atom.